The molecule has 2 amide bonds. The largest absolute Gasteiger partial charge is 0.378 e. The van der Waals surface area contributed by atoms with Crippen LogP contribution in [0, 0.1) is 6.92 Å². The topological polar surface area (TPSA) is 61.9 Å². The third kappa shape index (κ3) is 3.77. The predicted molar refractivity (Wildman–Crippen MR) is 113 cm³/mol. The lowest BCUT2D eigenvalue weighted by atomic mass is 10.2. The molecule has 0 radical (unpaired) electrons. The molecular weight excluding hydrogens is 422 g/mol. The Morgan fingerprint density at radius 3 is 2.46 bits per heavy atom. The van der Waals surface area contributed by atoms with E-state index < -0.39 is 6.04 Å². The van der Waals surface area contributed by atoms with Gasteiger partial charge in [-0.15, -0.1) is 0 Å². The number of hydrogen-bond acceptors (Lipinski definition) is 5. The van der Waals surface area contributed by atoms with Crippen molar-refractivity contribution in [2.75, 3.05) is 41.4 Å². The van der Waals surface area contributed by atoms with Gasteiger partial charge in [0.15, 0.2) is 0 Å². The van der Waals surface area contributed by atoms with E-state index in [0.29, 0.717) is 5.69 Å². The Hall–Kier alpha value is -2.38. The number of carbonyl (C=O) groups excluding carboxylic acids is 2. The summed E-state index contributed by atoms with van der Waals surface area (Å²) in [6.45, 7) is 5.20. The number of nitrogens with one attached hydrogen (secondary N) is 1. The summed E-state index contributed by atoms with van der Waals surface area (Å²) < 4.78 is 6.13. The van der Waals surface area contributed by atoms with E-state index >= 15 is 0 Å². The number of ether oxygens (including phenoxy) is 1. The summed E-state index contributed by atoms with van der Waals surface area (Å²) in [5, 5.41) is 3.21. The number of benzene rings is 2. The van der Waals surface area contributed by atoms with Crippen molar-refractivity contribution in [1.82, 2.24) is 0 Å². The summed E-state index contributed by atoms with van der Waals surface area (Å²) in [4.78, 5) is 28.9. The molecule has 4 rings (SSSR count). The molecule has 1 unspecified atom stereocenters. The number of morpholine rings is 1. The van der Waals surface area contributed by atoms with E-state index in [4.69, 9.17) is 4.74 Å². The van der Waals surface area contributed by atoms with E-state index in [1.165, 1.54) is 4.90 Å². The van der Waals surface area contributed by atoms with Gasteiger partial charge >= 0.3 is 0 Å². The Kier molecular flexibility index (Phi) is 5.37. The van der Waals surface area contributed by atoms with Crippen LogP contribution in [0.15, 0.2) is 46.9 Å². The second-order valence-corrected chi connectivity index (χ2v) is 7.92. The highest BCUT2D eigenvalue weighted by molar-refractivity contribution is 9.10. The molecule has 2 saturated heterocycles. The Labute approximate surface area is 172 Å². The number of hydrogen-bond donors (Lipinski definition) is 1. The van der Waals surface area contributed by atoms with Gasteiger partial charge in [-0.1, -0.05) is 6.07 Å². The minimum Gasteiger partial charge on any atom is -0.378 e. The van der Waals surface area contributed by atoms with Crippen LogP contribution >= 0.6 is 15.9 Å². The third-order valence-electron chi connectivity index (χ3n) is 5.08. The summed E-state index contributed by atoms with van der Waals surface area (Å²) in [6, 6.07) is 13.0. The average Bonchev–Trinajstić information content (AvgIpc) is 2.97. The highest BCUT2D eigenvalue weighted by Crippen LogP contribution is 2.32. The molecule has 0 saturated carbocycles. The summed E-state index contributed by atoms with van der Waals surface area (Å²) in [5.74, 6) is -0.427. The van der Waals surface area contributed by atoms with Crippen LogP contribution in [0.2, 0.25) is 0 Å². The maximum atomic E-state index is 12.9. The zero-order valence-corrected chi connectivity index (χ0v) is 17.2. The summed E-state index contributed by atoms with van der Waals surface area (Å²) in [5.41, 5.74) is 3.61. The molecule has 28 heavy (non-hydrogen) atoms. The van der Waals surface area contributed by atoms with Crippen molar-refractivity contribution >= 4 is 44.8 Å². The van der Waals surface area contributed by atoms with Gasteiger partial charge in [-0.05, 0) is 64.8 Å². The van der Waals surface area contributed by atoms with Gasteiger partial charge in [0.1, 0.15) is 6.04 Å². The second-order valence-electron chi connectivity index (χ2n) is 7.07. The van der Waals surface area contributed by atoms with Crippen LogP contribution in [0.1, 0.15) is 12.0 Å². The molecule has 2 fully saturated rings. The summed E-state index contributed by atoms with van der Waals surface area (Å²) in [7, 11) is 0. The Morgan fingerprint density at radius 1 is 1.07 bits per heavy atom. The molecule has 2 aliphatic rings. The van der Waals surface area contributed by atoms with Crippen LogP contribution in [0.4, 0.5) is 17.1 Å². The number of imide groups is 1. The molecule has 0 aromatic heterocycles. The Bertz CT molecular complexity index is 894. The van der Waals surface area contributed by atoms with Gasteiger partial charge < -0.3 is 15.0 Å². The fourth-order valence-electron chi connectivity index (χ4n) is 3.58. The molecule has 0 spiro atoms. The number of rotatable bonds is 4. The van der Waals surface area contributed by atoms with Gasteiger partial charge in [-0.2, -0.15) is 0 Å². The number of carbonyl (C=O) groups is 2. The van der Waals surface area contributed by atoms with E-state index in [0.717, 1.165) is 47.7 Å². The van der Waals surface area contributed by atoms with Crippen LogP contribution < -0.4 is 15.1 Å². The van der Waals surface area contributed by atoms with Crippen molar-refractivity contribution in [1.29, 1.82) is 0 Å². The molecule has 2 aliphatic heterocycles. The first-order chi connectivity index (χ1) is 13.5. The smallest absolute Gasteiger partial charge is 0.256 e. The zero-order valence-electron chi connectivity index (χ0n) is 15.7. The van der Waals surface area contributed by atoms with Crippen molar-refractivity contribution in [2.24, 2.45) is 0 Å². The molecule has 0 bridgehead atoms. The Balaban J connectivity index is 1.46. The molecule has 2 aromatic rings. The molecule has 2 aromatic carbocycles. The predicted octanol–water partition coefficient (Wildman–Crippen LogP) is 3.34. The SMILES string of the molecule is Cc1ccc(N2C(=O)CC(Nc3ccc(N4CCOCC4)cc3)C2=O)c(Br)c1. The standard InChI is InChI=1S/C21H22BrN3O3/c1-14-2-7-19(17(22)12-14)25-20(26)13-18(21(25)27)23-15-3-5-16(6-4-15)24-8-10-28-11-9-24/h2-7,12,18,23H,8-11,13H2,1H3. The van der Waals surface area contributed by atoms with Gasteiger partial charge in [-0.25, -0.2) is 4.90 Å². The van der Waals surface area contributed by atoms with Crippen molar-refractivity contribution < 1.29 is 14.3 Å². The molecule has 7 heteroatoms. The van der Waals surface area contributed by atoms with Crippen LogP contribution in [0.25, 0.3) is 0 Å². The van der Waals surface area contributed by atoms with E-state index in [1.807, 2.05) is 43.3 Å². The lowest BCUT2D eigenvalue weighted by molar-refractivity contribution is -0.121. The molecule has 1 N–H and O–H groups in total. The summed E-state index contributed by atoms with van der Waals surface area (Å²) in [6.07, 6.45) is 0.143. The highest BCUT2D eigenvalue weighted by Gasteiger charge is 2.40. The molecule has 0 aliphatic carbocycles. The normalized spacial score (nSPS) is 20.0. The first kappa shape index (κ1) is 19.0. The summed E-state index contributed by atoms with van der Waals surface area (Å²) >= 11 is 3.46. The van der Waals surface area contributed by atoms with E-state index in [1.54, 1.807) is 6.07 Å². The minimum absolute atomic E-state index is 0.143. The molecule has 146 valence electrons. The number of aryl methyl sites for hydroxylation is 1. The third-order valence-corrected chi connectivity index (χ3v) is 5.71. The zero-order chi connectivity index (χ0) is 19.7. The maximum absolute atomic E-state index is 12.9. The molecule has 6 nitrogen and oxygen atoms in total. The monoisotopic (exact) mass is 443 g/mol. The van der Waals surface area contributed by atoms with Gasteiger partial charge in [-0.3, -0.25) is 9.59 Å². The van der Waals surface area contributed by atoms with Gasteiger partial charge in [0, 0.05) is 28.9 Å². The van der Waals surface area contributed by atoms with Gasteiger partial charge in [0.25, 0.3) is 5.91 Å². The van der Waals surface area contributed by atoms with Crippen molar-refractivity contribution in [2.45, 2.75) is 19.4 Å². The minimum atomic E-state index is -0.560. The van der Waals surface area contributed by atoms with Gasteiger partial charge in [0.05, 0.1) is 25.3 Å². The van der Waals surface area contributed by atoms with Crippen molar-refractivity contribution in [3.63, 3.8) is 0 Å². The highest BCUT2D eigenvalue weighted by atomic mass is 79.9. The quantitative estimate of drug-likeness (QED) is 0.734. The lowest BCUT2D eigenvalue weighted by Crippen LogP contribution is -2.36. The van der Waals surface area contributed by atoms with Gasteiger partial charge in [0.2, 0.25) is 5.91 Å². The van der Waals surface area contributed by atoms with Crippen molar-refractivity contribution in [3.8, 4) is 0 Å². The number of amides is 2. The Morgan fingerprint density at radius 2 is 1.79 bits per heavy atom. The lowest BCUT2D eigenvalue weighted by Gasteiger charge is -2.29. The molecule has 1 atom stereocenters. The van der Waals surface area contributed by atoms with Crippen LogP contribution in [-0.2, 0) is 14.3 Å². The number of nitrogens with zero attached hydrogens (tertiary/aromatic N) is 2. The van der Waals surface area contributed by atoms with Crippen LogP contribution in [0.5, 0.6) is 0 Å². The first-order valence-electron chi connectivity index (χ1n) is 9.35. The second kappa shape index (κ2) is 7.93. The first-order valence-corrected chi connectivity index (χ1v) is 10.1. The molecular formula is C21H22BrN3O3. The van der Waals surface area contributed by atoms with E-state index in [2.05, 4.69) is 26.1 Å². The number of halogens is 1. The van der Waals surface area contributed by atoms with Crippen LogP contribution in [-0.4, -0.2) is 44.2 Å². The van der Waals surface area contributed by atoms with Crippen LogP contribution in [0.3, 0.4) is 0 Å². The average molecular weight is 444 g/mol. The molecule has 2 heterocycles. The fourth-order valence-corrected chi connectivity index (χ4v) is 4.25. The van der Waals surface area contributed by atoms with E-state index in [-0.39, 0.29) is 18.2 Å². The fraction of sp³-hybridized carbons (Fsp3) is 0.333. The van der Waals surface area contributed by atoms with E-state index in [9.17, 15) is 9.59 Å². The number of anilines is 3. The maximum Gasteiger partial charge on any atom is 0.256 e. The van der Waals surface area contributed by atoms with Crippen molar-refractivity contribution in [3.05, 3.63) is 52.5 Å².